The molecule has 12 nitrogen and oxygen atoms in total. The number of nitrogens with zero attached hydrogens (tertiary/aromatic N) is 1. The van der Waals surface area contributed by atoms with Gasteiger partial charge in [0.2, 0.25) is 0 Å². The fourth-order valence-electron chi connectivity index (χ4n) is 9.00. The molecule has 386 valence electrons. The Hall–Kier alpha value is -5.39. The van der Waals surface area contributed by atoms with Crippen molar-refractivity contribution in [1.82, 2.24) is 4.90 Å². The molecule has 6 aromatic carbocycles. The first kappa shape index (κ1) is 53.9. The van der Waals surface area contributed by atoms with E-state index in [9.17, 15) is 0 Å². The third kappa shape index (κ3) is 15.8. The molecule has 0 unspecified atom stereocenters. The van der Waals surface area contributed by atoms with Crippen LogP contribution in [0.2, 0.25) is 0 Å². The van der Waals surface area contributed by atoms with Crippen LogP contribution in [0.4, 0.5) is 0 Å². The van der Waals surface area contributed by atoms with E-state index in [1.165, 1.54) is 0 Å². The molecule has 0 aliphatic carbocycles. The van der Waals surface area contributed by atoms with E-state index in [2.05, 4.69) is 0 Å². The summed E-state index contributed by atoms with van der Waals surface area (Å²) in [5.74, 6) is 0. The van der Waals surface area contributed by atoms with Gasteiger partial charge in [-0.1, -0.05) is 182 Å². The van der Waals surface area contributed by atoms with Crippen LogP contribution in [0.1, 0.15) is 47.2 Å². The van der Waals surface area contributed by atoms with Gasteiger partial charge in [-0.25, -0.2) is 0 Å². The second-order valence-corrected chi connectivity index (χ2v) is 18.3. The van der Waals surface area contributed by atoms with Crippen molar-refractivity contribution in [3.8, 4) is 0 Å². The van der Waals surface area contributed by atoms with E-state index in [0.717, 1.165) is 33.4 Å². The topological polar surface area (TPSA) is 105 Å². The second-order valence-electron chi connectivity index (χ2n) is 18.0. The number of methoxy groups -OCH3 is 1. The van der Waals surface area contributed by atoms with Crippen molar-refractivity contribution in [3.05, 3.63) is 215 Å². The number of hydrogen-bond donors (Lipinski definition) is 0. The zero-order valence-electron chi connectivity index (χ0n) is 42.0. The minimum Gasteiger partial charge on any atom is -0.468 e. The lowest BCUT2D eigenvalue weighted by molar-refractivity contribution is -0.375. The first-order chi connectivity index (χ1) is 36.0. The van der Waals surface area contributed by atoms with Gasteiger partial charge in [0.1, 0.15) is 55.4 Å². The van der Waals surface area contributed by atoms with Gasteiger partial charge in [0.05, 0.1) is 46.2 Å². The van der Waals surface area contributed by atoms with Crippen molar-refractivity contribution in [1.29, 1.82) is 0 Å². The molecular formula is C60H69NO11S. The van der Waals surface area contributed by atoms with Crippen LogP contribution in [0.3, 0.4) is 0 Å². The van der Waals surface area contributed by atoms with E-state index in [0.29, 0.717) is 24.9 Å². The largest absolute Gasteiger partial charge is 0.468 e. The van der Waals surface area contributed by atoms with Gasteiger partial charge >= 0.3 is 0 Å². The van der Waals surface area contributed by atoms with E-state index < -0.39 is 61.4 Å². The first-order valence-electron chi connectivity index (χ1n) is 25.3. The summed E-state index contributed by atoms with van der Waals surface area (Å²) in [6.07, 6.45) is -8.41. The summed E-state index contributed by atoms with van der Waals surface area (Å²) in [5.41, 5.74) is 5.85. The Kier molecular flexibility index (Phi) is 21.3. The summed E-state index contributed by atoms with van der Waals surface area (Å²) in [7, 11) is 1.61. The molecule has 0 N–H and O–H groups in total. The van der Waals surface area contributed by atoms with Crippen molar-refractivity contribution in [3.63, 3.8) is 0 Å². The summed E-state index contributed by atoms with van der Waals surface area (Å²) < 4.78 is 75.7. The highest BCUT2D eigenvalue weighted by molar-refractivity contribution is 7.80. The normalized spacial score (nSPS) is 23.9. The van der Waals surface area contributed by atoms with E-state index in [1.54, 1.807) is 7.11 Å². The highest BCUT2D eigenvalue weighted by Gasteiger charge is 2.54. The summed E-state index contributed by atoms with van der Waals surface area (Å²) in [6.45, 7) is 7.12. The molecule has 2 aliphatic heterocycles. The van der Waals surface area contributed by atoms with Gasteiger partial charge in [-0.15, -0.1) is 0 Å². The number of hydrogen-bond acceptors (Lipinski definition) is 12. The molecule has 6 aromatic rings. The third-order valence-corrected chi connectivity index (χ3v) is 13.3. The fraction of sp³-hybridized carbons (Fsp3) is 0.383. The predicted molar refractivity (Wildman–Crippen MR) is 282 cm³/mol. The Bertz CT molecular complexity index is 2440. The summed E-state index contributed by atoms with van der Waals surface area (Å²) in [6, 6.07) is 60.1. The minimum atomic E-state index is -1.13. The van der Waals surface area contributed by atoms with E-state index >= 15 is 0 Å². The highest BCUT2D eigenvalue weighted by Crippen LogP contribution is 2.37. The molecule has 2 fully saturated rings. The number of rotatable bonds is 26. The molecule has 2 heterocycles. The molecule has 2 aliphatic rings. The molecule has 2 saturated heterocycles. The van der Waals surface area contributed by atoms with Crippen LogP contribution in [0.5, 0.6) is 0 Å². The zero-order chi connectivity index (χ0) is 50.5. The van der Waals surface area contributed by atoms with Crippen molar-refractivity contribution >= 4 is 17.4 Å². The second kappa shape index (κ2) is 28.9. The quantitative estimate of drug-likeness (QED) is 0.0482. The Morgan fingerprint density at radius 3 is 1.14 bits per heavy atom. The van der Waals surface area contributed by atoms with Crippen LogP contribution < -0.4 is 0 Å². The maximum Gasteiger partial charge on any atom is 0.259 e. The average Bonchev–Trinajstić information content (AvgIpc) is 3.44. The molecule has 0 aromatic heterocycles. The molecule has 0 spiro atoms. The van der Waals surface area contributed by atoms with Gasteiger partial charge in [0.15, 0.2) is 12.6 Å². The van der Waals surface area contributed by atoms with Crippen molar-refractivity contribution in [2.24, 2.45) is 0 Å². The monoisotopic (exact) mass is 1010 g/mol. The standard InChI is InChI=1S/C60H69NO11S/c1-4-61(5-2)60(73)69-43-51-52(64-37-45-26-14-7-15-27-45)54(65-38-46-28-16-8-17-29-46)57(68-41-49-34-22-11-23-35-49)59(71-51)72-53-50(42-63-36-44-24-12-6-13-25-44)70-58(62-3)56(67-40-48-32-20-10-21-33-48)55(53)66-39-47-30-18-9-19-31-47/h6-35,50-59H,4-5,36-43H2,1-3H3/t50-,51-,52-,53-,54+,55+,56-,57-,58+,59-/m1/s1. The molecule has 0 saturated carbocycles. The van der Waals surface area contributed by atoms with Crippen LogP contribution >= 0.6 is 12.2 Å². The van der Waals surface area contributed by atoms with Gasteiger partial charge in [0, 0.05) is 20.2 Å². The third-order valence-electron chi connectivity index (χ3n) is 12.9. The van der Waals surface area contributed by atoms with Gasteiger partial charge in [-0.2, -0.15) is 0 Å². The Morgan fingerprint density at radius 1 is 0.411 bits per heavy atom. The Labute approximate surface area is 436 Å². The molecule has 73 heavy (non-hydrogen) atoms. The Balaban J connectivity index is 1.21. The van der Waals surface area contributed by atoms with Gasteiger partial charge < -0.3 is 57.0 Å². The molecule has 0 bridgehead atoms. The van der Waals surface area contributed by atoms with E-state index in [1.807, 2.05) is 201 Å². The number of ether oxygens (including phenoxy) is 11. The van der Waals surface area contributed by atoms with Crippen LogP contribution in [-0.2, 0) is 91.7 Å². The van der Waals surface area contributed by atoms with Crippen molar-refractivity contribution in [2.75, 3.05) is 33.4 Å². The molecule has 10 atom stereocenters. The van der Waals surface area contributed by atoms with Gasteiger partial charge in [0.25, 0.3) is 5.17 Å². The summed E-state index contributed by atoms with van der Waals surface area (Å²) in [4.78, 5) is 1.98. The van der Waals surface area contributed by atoms with Crippen molar-refractivity contribution in [2.45, 2.75) is 115 Å². The van der Waals surface area contributed by atoms with Crippen LogP contribution in [0.15, 0.2) is 182 Å². The predicted octanol–water partition coefficient (Wildman–Crippen LogP) is 10.3. The van der Waals surface area contributed by atoms with E-state index in [4.69, 9.17) is 64.3 Å². The summed E-state index contributed by atoms with van der Waals surface area (Å²) in [5, 5.41) is 0.354. The van der Waals surface area contributed by atoms with Gasteiger partial charge in [-0.3, -0.25) is 0 Å². The maximum atomic E-state index is 7.50. The molecule has 13 heteroatoms. The zero-order valence-corrected chi connectivity index (χ0v) is 42.8. The lowest BCUT2D eigenvalue weighted by Gasteiger charge is -2.50. The molecule has 0 radical (unpaired) electrons. The fourth-order valence-corrected chi connectivity index (χ4v) is 9.33. The molecule has 0 amide bonds. The van der Waals surface area contributed by atoms with Gasteiger partial charge in [-0.05, 0) is 59.4 Å². The average molecular weight is 1010 g/mol. The van der Waals surface area contributed by atoms with Crippen LogP contribution in [0.25, 0.3) is 0 Å². The lowest BCUT2D eigenvalue weighted by Crippen LogP contribution is -2.66. The van der Waals surface area contributed by atoms with Crippen LogP contribution in [0, 0.1) is 0 Å². The van der Waals surface area contributed by atoms with Crippen LogP contribution in [-0.4, -0.2) is 105 Å². The highest BCUT2D eigenvalue weighted by atomic mass is 32.1. The van der Waals surface area contributed by atoms with E-state index in [-0.39, 0.29) is 46.2 Å². The Morgan fingerprint density at radius 2 is 0.740 bits per heavy atom. The smallest absolute Gasteiger partial charge is 0.259 e. The van der Waals surface area contributed by atoms with Crippen molar-refractivity contribution < 1.29 is 52.1 Å². The SMILES string of the molecule is CCN(CC)C(=S)OC[C@H]1O[C@H](O[C@H]2[C@H](OCc3ccccc3)[C@@H](OCc3ccccc3)[C@@H](OC)O[C@@H]2COCc2ccccc2)[C@H](OCc2ccccc2)[C@@H](OCc2ccccc2)[C@@H]1OCc1ccccc1. The number of benzene rings is 6. The first-order valence-corrected chi connectivity index (χ1v) is 25.7. The number of thiocarbonyl (C=S) groups is 1. The molecular weight excluding hydrogens is 943 g/mol. The summed E-state index contributed by atoms with van der Waals surface area (Å²) >= 11 is 5.86. The minimum absolute atomic E-state index is 0.0263. The lowest BCUT2D eigenvalue weighted by atomic mass is 9.95. The molecule has 8 rings (SSSR count). The maximum absolute atomic E-state index is 7.50.